The Morgan fingerprint density at radius 3 is 2.55 bits per heavy atom. The maximum absolute atomic E-state index is 11.1. The van der Waals surface area contributed by atoms with Gasteiger partial charge in [-0.05, 0) is 5.92 Å². The number of carbonyl (C=O) groups is 1. The summed E-state index contributed by atoms with van der Waals surface area (Å²) in [6.07, 6.45) is 0. The second-order valence-corrected chi connectivity index (χ2v) is 3.32. The molecule has 0 aliphatic heterocycles. The number of nitrogens with one attached hydrogen (secondary N) is 1. The Kier molecular flexibility index (Phi) is 5.32. The van der Waals surface area contributed by atoms with Crippen molar-refractivity contribution in [3.8, 4) is 0 Å². The molecule has 0 aliphatic carbocycles. The lowest BCUT2D eigenvalue weighted by molar-refractivity contribution is -0.121. The minimum absolute atomic E-state index is 0.0335. The molecule has 0 rings (SSSR count). The molecule has 0 radical (unpaired) electrons. The number of carbonyl (C=O) groups excluding carboxylic acids is 1. The molecule has 0 fully saturated rings. The monoisotopic (exact) mass is 176 g/mol. The quantitative estimate of drug-likeness (QED) is 0.529. The Bertz CT molecular complexity index is 128. The molecule has 3 nitrogen and oxygen atoms in total. The van der Waals surface area contributed by atoms with E-state index in [1.165, 1.54) is 0 Å². The zero-order valence-corrected chi connectivity index (χ0v) is 7.90. The Morgan fingerprint density at radius 2 is 2.18 bits per heavy atom. The molecular formula is C7H16N2OS. The molecule has 11 heavy (non-hydrogen) atoms. The van der Waals surface area contributed by atoms with Gasteiger partial charge in [-0.2, -0.15) is 12.6 Å². The van der Waals surface area contributed by atoms with E-state index in [9.17, 15) is 4.79 Å². The Labute approximate surface area is 73.1 Å². The molecule has 1 atom stereocenters. The van der Waals surface area contributed by atoms with E-state index < -0.39 is 0 Å². The maximum Gasteiger partial charge on any atom is 0.233 e. The molecular weight excluding hydrogens is 160 g/mol. The van der Waals surface area contributed by atoms with Crippen LogP contribution in [0.2, 0.25) is 0 Å². The molecule has 3 N–H and O–H groups in total. The minimum Gasteiger partial charge on any atom is -0.354 e. The summed E-state index contributed by atoms with van der Waals surface area (Å²) in [6.45, 7) is 4.92. The lowest BCUT2D eigenvalue weighted by atomic mass is 10.1. The molecule has 4 heteroatoms. The van der Waals surface area contributed by atoms with Gasteiger partial charge >= 0.3 is 0 Å². The van der Waals surface area contributed by atoms with E-state index in [1.807, 2.05) is 13.8 Å². The van der Waals surface area contributed by atoms with Crippen LogP contribution in [0.25, 0.3) is 0 Å². The SMILES string of the molecule is CC(C)C(S)C(=O)NCCN. The fraction of sp³-hybridized carbons (Fsp3) is 0.857. The number of hydrogen-bond acceptors (Lipinski definition) is 3. The molecule has 0 saturated heterocycles. The van der Waals surface area contributed by atoms with Crippen LogP contribution in [0.5, 0.6) is 0 Å². The molecule has 0 heterocycles. The van der Waals surface area contributed by atoms with Crippen molar-refractivity contribution in [2.45, 2.75) is 19.1 Å². The minimum atomic E-state index is -0.221. The highest BCUT2D eigenvalue weighted by atomic mass is 32.1. The van der Waals surface area contributed by atoms with Crippen molar-refractivity contribution in [3.63, 3.8) is 0 Å². The van der Waals surface area contributed by atoms with Gasteiger partial charge in [0.15, 0.2) is 0 Å². The third-order valence-corrected chi connectivity index (χ3v) is 2.17. The van der Waals surface area contributed by atoms with Crippen molar-refractivity contribution in [2.75, 3.05) is 13.1 Å². The summed E-state index contributed by atoms with van der Waals surface area (Å²) in [7, 11) is 0. The van der Waals surface area contributed by atoms with E-state index in [4.69, 9.17) is 5.73 Å². The third-order valence-electron chi connectivity index (χ3n) is 1.34. The summed E-state index contributed by atoms with van der Waals surface area (Å²) in [5.74, 6) is 0.227. The van der Waals surface area contributed by atoms with Crippen LogP contribution >= 0.6 is 12.6 Å². The predicted molar refractivity (Wildman–Crippen MR) is 49.7 cm³/mol. The fourth-order valence-electron chi connectivity index (χ4n) is 0.603. The van der Waals surface area contributed by atoms with E-state index in [1.54, 1.807) is 0 Å². The van der Waals surface area contributed by atoms with Crippen LogP contribution in [-0.4, -0.2) is 24.2 Å². The highest BCUT2D eigenvalue weighted by molar-refractivity contribution is 7.81. The van der Waals surface area contributed by atoms with Crippen molar-refractivity contribution in [1.29, 1.82) is 0 Å². The average molecular weight is 176 g/mol. The number of thiol groups is 1. The van der Waals surface area contributed by atoms with Crippen LogP contribution in [0.15, 0.2) is 0 Å². The van der Waals surface area contributed by atoms with Crippen LogP contribution in [0.1, 0.15) is 13.8 Å². The molecule has 0 aliphatic rings. The van der Waals surface area contributed by atoms with Gasteiger partial charge in [0.05, 0.1) is 5.25 Å². The van der Waals surface area contributed by atoms with Crippen molar-refractivity contribution in [1.82, 2.24) is 5.32 Å². The van der Waals surface area contributed by atoms with Crippen LogP contribution in [-0.2, 0) is 4.79 Å². The van der Waals surface area contributed by atoms with Crippen LogP contribution in [0, 0.1) is 5.92 Å². The van der Waals surface area contributed by atoms with Crippen molar-refractivity contribution in [2.24, 2.45) is 11.7 Å². The largest absolute Gasteiger partial charge is 0.354 e. The molecule has 0 bridgehead atoms. The topological polar surface area (TPSA) is 55.1 Å². The molecule has 0 spiro atoms. The number of hydrogen-bond donors (Lipinski definition) is 3. The Hall–Kier alpha value is -0.220. The highest BCUT2D eigenvalue weighted by Gasteiger charge is 2.16. The van der Waals surface area contributed by atoms with Crippen molar-refractivity contribution in [3.05, 3.63) is 0 Å². The van der Waals surface area contributed by atoms with Gasteiger partial charge in [-0.15, -0.1) is 0 Å². The standard InChI is InChI=1S/C7H16N2OS/c1-5(2)6(11)7(10)9-4-3-8/h5-6,11H,3-4,8H2,1-2H3,(H,9,10). The Morgan fingerprint density at radius 1 is 1.64 bits per heavy atom. The van der Waals surface area contributed by atoms with Gasteiger partial charge in [-0.3, -0.25) is 4.79 Å². The molecule has 0 aromatic carbocycles. The highest BCUT2D eigenvalue weighted by Crippen LogP contribution is 2.07. The second kappa shape index (κ2) is 5.43. The van der Waals surface area contributed by atoms with E-state index in [2.05, 4.69) is 17.9 Å². The summed E-state index contributed by atoms with van der Waals surface area (Å²) >= 11 is 4.14. The van der Waals surface area contributed by atoms with Gasteiger partial charge in [0.2, 0.25) is 5.91 Å². The first-order valence-corrected chi connectivity index (χ1v) is 4.27. The molecule has 1 amide bonds. The summed E-state index contributed by atoms with van der Waals surface area (Å²) in [6, 6.07) is 0. The molecule has 0 aromatic rings. The van der Waals surface area contributed by atoms with Gasteiger partial charge in [0, 0.05) is 13.1 Å². The number of amides is 1. The summed E-state index contributed by atoms with van der Waals surface area (Å²) in [4.78, 5) is 11.1. The van der Waals surface area contributed by atoms with Crippen LogP contribution in [0.4, 0.5) is 0 Å². The van der Waals surface area contributed by atoms with Gasteiger partial charge in [0.25, 0.3) is 0 Å². The normalized spacial score (nSPS) is 13.2. The predicted octanol–water partition coefficient (Wildman–Crippen LogP) is 0.0157. The van der Waals surface area contributed by atoms with Gasteiger partial charge in [-0.1, -0.05) is 13.8 Å². The van der Waals surface area contributed by atoms with E-state index >= 15 is 0 Å². The molecule has 0 saturated carbocycles. The van der Waals surface area contributed by atoms with Gasteiger partial charge in [-0.25, -0.2) is 0 Å². The van der Waals surface area contributed by atoms with E-state index in [-0.39, 0.29) is 17.1 Å². The summed E-state index contributed by atoms with van der Waals surface area (Å²) in [5, 5.41) is 2.45. The molecule has 66 valence electrons. The first-order valence-electron chi connectivity index (χ1n) is 3.75. The lowest BCUT2D eigenvalue weighted by Crippen LogP contribution is -2.37. The zero-order valence-electron chi connectivity index (χ0n) is 7.00. The van der Waals surface area contributed by atoms with Crippen molar-refractivity contribution >= 4 is 18.5 Å². The maximum atomic E-state index is 11.1. The van der Waals surface area contributed by atoms with Crippen molar-refractivity contribution < 1.29 is 4.79 Å². The van der Waals surface area contributed by atoms with Crippen LogP contribution < -0.4 is 11.1 Å². The molecule has 0 aromatic heterocycles. The molecule has 1 unspecified atom stereocenters. The van der Waals surface area contributed by atoms with E-state index in [0.29, 0.717) is 13.1 Å². The third kappa shape index (κ3) is 4.27. The first kappa shape index (κ1) is 10.8. The fourth-order valence-corrected chi connectivity index (χ4v) is 0.694. The van der Waals surface area contributed by atoms with Gasteiger partial charge < -0.3 is 11.1 Å². The zero-order chi connectivity index (χ0) is 8.85. The smallest absolute Gasteiger partial charge is 0.233 e. The van der Waals surface area contributed by atoms with Crippen LogP contribution in [0.3, 0.4) is 0 Å². The average Bonchev–Trinajstić information content (AvgIpc) is 1.98. The Balaban J connectivity index is 3.64. The number of rotatable bonds is 4. The number of nitrogens with two attached hydrogens (primary N) is 1. The van der Waals surface area contributed by atoms with E-state index in [0.717, 1.165) is 0 Å². The lowest BCUT2D eigenvalue weighted by Gasteiger charge is -2.13. The second-order valence-electron chi connectivity index (χ2n) is 2.77. The summed E-state index contributed by atoms with van der Waals surface area (Å²) in [5.41, 5.74) is 5.21. The van der Waals surface area contributed by atoms with Gasteiger partial charge in [0.1, 0.15) is 0 Å². The summed E-state index contributed by atoms with van der Waals surface area (Å²) < 4.78 is 0. The first-order chi connectivity index (χ1) is 5.09.